The van der Waals surface area contributed by atoms with Gasteiger partial charge in [0.05, 0.1) is 19.9 Å². The molecule has 0 aliphatic rings. The number of aromatic nitrogens is 4. The van der Waals surface area contributed by atoms with Gasteiger partial charge in [-0.3, -0.25) is 0 Å². The van der Waals surface area contributed by atoms with Crippen molar-refractivity contribution in [1.29, 1.82) is 0 Å². The first-order valence-corrected chi connectivity index (χ1v) is 7.87. The smallest absolute Gasteiger partial charge is 0.161 e. The van der Waals surface area contributed by atoms with E-state index in [1.165, 1.54) is 6.33 Å². The number of tetrazole rings is 1. The highest BCUT2D eigenvalue weighted by Gasteiger charge is 2.10. The lowest BCUT2D eigenvalue weighted by Crippen LogP contribution is -2.00. The zero-order valence-electron chi connectivity index (χ0n) is 13.1. The largest absolute Gasteiger partial charge is 0.493 e. The van der Waals surface area contributed by atoms with E-state index >= 15 is 0 Å². The molecular weight excluding hydrogens is 376 g/mol. The molecule has 3 rings (SSSR count). The summed E-state index contributed by atoms with van der Waals surface area (Å²) in [6, 6.07) is 11.2. The Morgan fingerprint density at radius 3 is 2.38 bits per heavy atom. The Morgan fingerprint density at radius 1 is 1.04 bits per heavy atom. The topological polar surface area (TPSA) is 71.3 Å². The number of halogens is 1. The minimum atomic E-state index is 0.394. The fraction of sp³-hybridized carbons (Fsp3) is 0.188. The molecule has 0 unspecified atom stereocenters. The maximum atomic E-state index is 5.83. The summed E-state index contributed by atoms with van der Waals surface area (Å²) in [7, 11) is 3.21. The van der Waals surface area contributed by atoms with Crippen LogP contribution in [0.2, 0.25) is 0 Å². The van der Waals surface area contributed by atoms with Crippen LogP contribution in [0.5, 0.6) is 17.2 Å². The first-order chi connectivity index (χ1) is 11.7. The summed E-state index contributed by atoms with van der Waals surface area (Å²) in [6.45, 7) is 0.394. The van der Waals surface area contributed by atoms with Crippen molar-refractivity contribution in [2.45, 2.75) is 6.61 Å². The monoisotopic (exact) mass is 390 g/mol. The maximum absolute atomic E-state index is 5.83. The van der Waals surface area contributed by atoms with Crippen LogP contribution in [0.3, 0.4) is 0 Å². The number of nitrogens with zero attached hydrogens (tertiary/aromatic N) is 4. The van der Waals surface area contributed by atoms with Crippen molar-refractivity contribution in [3.63, 3.8) is 0 Å². The van der Waals surface area contributed by atoms with E-state index in [-0.39, 0.29) is 0 Å². The van der Waals surface area contributed by atoms with Gasteiger partial charge in [0.1, 0.15) is 18.7 Å². The standard InChI is InChI=1S/C16H15BrN4O3/c1-22-15-7-11(14(17)8-16(15)23-2)9-24-13-5-3-12(4-6-13)21-10-18-19-20-21/h3-8,10H,9H2,1-2H3. The summed E-state index contributed by atoms with van der Waals surface area (Å²) < 4.78 is 18.9. The highest BCUT2D eigenvalue weighted by atomic mass is 79.9. The van der Waals surface area contributed by atoms with Gasteiger partial charge >= 0.3 is 0 Å². The third kappa shape index (κ3) is 3.48. The van der Waals surface area contributed by atoms with Gasteiger partial charge in [0.25, 0.3) is 0 Å². The minimum absolute atomic E-state index is 0.394. The van der Waals surface area contributed by atoms with Crippen LogP contribution in [0.1, 0.15) is 5.56 Å². The normalized spacial score (nSPS) is 10.5. The molecule has 0 radical (unpaired) electrons. The van der Waals surface area contributed by atoms with Crippen LogP contribution in [0.15, 0.2) is 47.2 Å². The molecule has 3 aromatic rings. The second kappa shape index (κ2) is 7.31. The predicted molar refractivity (Wildman–Crippen MR) is 90.7 cm³/mol. The van der Waals surface area contributed by atoms with E-state index in [1.54, 1.807) is 18.9 Å². The molecule has 0 spiro atoms. The third-order valence-electron chi connectivity index (χ3n) is 3.40. The average Bonchev–Trinajstić information content (AvgIpc) is 3.15. The van der Waals surface area contributed by atoms with Crippen LogP contribution >= 0.6 is 15.9 Å². The van der Waals surface area contributed by atoms with Crippen molar-refractivity contribution in [3.8, 4) is 22.9 Å². The van der Waals surface area contributed by atoms with Gasteiger partial charge in [-0.15, -0.1) is 5.10 Å². The zero-order valence-corrected chi connectivity index (χ0v) is 14.7. The molecule has 0 aliphatic carbocycles. The molecule has 0 fully saturated rings. The Balaban J connectivity index is 1.71. The fourth-order valence-electron chi connectivity index (χ4n) is 2.14. The summed E-state index contributed by atoms with van der Waals surface area (Å²) in [5.41, 5.74) is 1.82. The lowest BCUT2D eigenvalue weighted by atomic mass is 10.2. The summed E-state index contributed by atoms with van der Waals surface area (Å²) >= 11 is 3.52. The molecule has 2 aromatic carbocycles. The number of hydrogen-bond donors (Lipinski definition) is 0. The summed E-state index contributed by atoms with van der Waals surface area (Å²) in [5.74, 6) is 2.07. The van der Waals surface area contributed by atoms with E-state index in [4.69, 9.17) is 14.2 Å². The molecule has 124 valence electrons. The van der Waals surface area contributed by atoms with Gasteiger partial charge in [0.15, 0.2) is 11.5 Å². The third-order valence-corrected chi connectivity index (χ3v) is 4.14. The van der Waals surface area contributed by atoms with Crippen molar-refractivity contribution < 1.29 is 14.2 Å². The zero-order chi connectivity index (χ0) is 16.9. The Bertz CT molecular complexity index is 807. The Morgan fingerprint density at radius 2 is 1.75 bits per heavy atom. The van der Waals surface area contributed by atoms with Crippen molar-refractivity contribution in [2.24, 2.45) is 0 Å². The number of methoxy groups -OCH3 is 2. The molecule has 0 bridgehead atoms. The van der Waals surface area contributed by atoms with E-state index in [0.29, 0.717) is 18.1 Å². The average molecular weight is 391 g/mol. The Hall–Kier alpha value is -2.61. The molecule has 1 aromatic heterocycles. The molecule has 0 aliphatic heterocycles. The van der Waals surface area contributed by atoms with E-state index in [9.17, 15) is 0 Å². The molecule has 0 N–H and O–H groups in total. The molecule has 0 atom stereocenters. The molecule has 0 saturated carbocycles. The fourth-order valence-corrected chi connectivity index (χ4v) is 2.58. The van der Waals surface area contributed by atoms with E-state index in [1.807, 2.05) is 36.4 Å². The van der Waals surface area contributed by atoms with Crippen LogP contribution in [0, 0.1) is 0 Å². The van der Waals surface area contributed by atoms with Gasteiger partial charge in [-0.25, -0.2) is 4.68 Å². The van der Waals surface area contributed by atoms with Gasteiger partial charge < -0.3 is 14.2 Å². The summed E-state index contributed by atoms with van der Waals surface area (Å²) in [5, 5.41) is 11.1. The van der Waals surface area contributed by atoms with Crippen LogP contribution in [-0.4, -0.2) is 34.4 Å². The molecule has 0 saturated heterocycles. The number of ether oxygens (including phenoxy) is 3. The van der Waals surface area contributed by atoms with Crippen molar-refractivity contribution in [2.75, 3.05) is 14.2 Å². The van der Waals surface area contributed by atoms with Crippen molar-refractivity contribution in [1.82, 2.24) is 20.2 Å². The molecule has 24 heavy (non-hydrogen) atoms. The highest BCUT2D eigenvalue weighted by molar-refractivity contribution is 9.10. The van der Waals surface area contributed by atoms with Gasteiger partial charge in [-0.2, -0.15) is 0 Å². The van der Waals surface area contributed by atoms with E-state index in [0.717, 1.165) is 21.5 Å². The molecule has 0 amide bonds. The van der Waals surface area contributed by atoms with E-state index in [2.05, 4.69) is 31.5 Å². The number of benzene rings is 2. The van der Waals surface area contributed by atoms with Gasteiger partial charge in [0, 0.05) is 10.0 Å². The SMILES string of the molecule is COc1cc(Br)c(COc2ccc(-n3cnnn3)cc2)cc1OC. The van der Waals surface area contributed by atoms with E-state index < -0.39 is 0 Å². The molecular formula is C16H15BrN4O3. The summed E-state index contributed by atoms with van der Waals surface area (Å²) in [4.78, 5) is 0. The lowest BCUT2D eigenvalue weighted by molar-refractivity contribution is 0.303. The van der Waals surface area contributed by atoms with Crippen LogP contribution in [0.25, 0.3) is 5.69 Å². The first-order valence-electron chi connectivity index (χ1n) is 7.08. The van der Waals surface area contributed by atoms with Crippen LogP contribution < -0.4 is 14.2 Å². The molecule has 8 heteroatoms. The van der Waals surface area contributed by atoms with Gasteiger partial charge in [-0.1, -0.05) is 15.9 Å². The molecule has 7 nitrogen and oxygen atoms in total. The van der Waals surface area contributed by atoms with Gasteiger partial charge in [0.2, 0.25) is 0 Å². The predicted octanol–water partition coefficient (Wildman–Crippen LogP) is 3.02. The van der Waals surface area contributed by atoms with Crippen LogP contribution in [0.4, 0.5) is 0 Å². The minimum Gasteiger partial charge on any atom is -0.493 e. The second-order valence-electron chi connectivity index (χ2n) is 4.84. The highest BCUT2D eigenvalue weighted by Crippen LogP contribution is 2.33. The lowest BCUT2D eigenvalue weighted by Gasteiger charge is -2.13. The maximum Gasteiger partial charge on any atom is 0.161 e. The van der Waals surface area contributed by atoms with Gasteiger partial charge in [-0.05, 0) is 46.8 Å². The van der Waals surface area contributed by atoms with Crippen molar-refractivity contribution in [3.05, 3.63) is 52.8 Å². The summed E-state index contributed by atoms with van der Waals surface area (Å²) in [6.07, 6.45) is 1.54. The molecule has 1 heterocycles. The number of hydrogen-bond acceptors (Lipinski definition) is 6. The van der Waals surface area contributed by atoms with Crippen LogP contribution in [-0.2, 0) is 6.61 Å². The number of rotatable bonds is 6. The quantitative estimate of drug-likeness (QED) is 0.644. The first kappa shape index (κ1) is 16.3. The Labute approximate surface area is 147 Å². The Kier molecular flexibility index (Phi) is 4.95. The second-order valence-corrected chi connectivity index (χ2v) is 5.69. The van der Waals surface area contributed by atoms with Crippen molar-refractivity contribution >= 4 is 15.9 Å².